The van der Waals surface area contributed by atoms with Gasteiger partial charge in [-0.05, 0) is 35.7 Å². The summed E-state index contributed by atoms with van der Waals surface area (Å²) in [6, 6.07) is 28.7. The first kappa shape index (κ1) is 27.8. The van der Waals surface area contributed by atoms with Crippen LogP contribution < -0.4 is 10.1 Å². The van der Waals surface area contributed by atoms with Crippen molar-refractivity contribution < 1.29 is 19.3 Å². The molecule has 4 atom stereocenters. The monoisotopic (exact) mass is 565 g/mol. The Morgan fingerprint density at radius 3 is 2.14 bits per heavy atom. The molecule has 216 valence electrons. The van der Waals surface area contributed by atoms with Crippen molar-refractivity contribution in [2.45, 2.75) is 37.8 Å². The first-order chi connectivity index (χ1) is 20.6. The molecule has 6 rings (SSSR count). The molecule has 42 heavy (non-hydrogen) atoms. The van der Waals surface area contributed by atoms with Gasteiger partial charge in [-0.1, -0.05) is 79.7 Å². The van der Waals surface area contributed by atoms with Crippen LogP contribution in [0.25, 0.3) is 11.2 Å². The Labute approximate surface area is 245 Å². The molecule has 0 aliphatic carbocycles. The van der Waals surface area contributed by atoms with Gasteiger partial charge in [0.25, 0.3) is 0 Å². The van der Waals surface area contributed by atoms with Crippen molar-refractivity contribution in [2.24, 2.45) is 5.92 Å². The van der Waals surface area contributed by atoms with Gasteiger partial charge in [0.05, 0.1) is 26.1 Å². The average molecular weight is 566 g/mol. The number of aliphatic hydroxyl groups is 1. The topological polar surface area (TPSA) is 104 Å². The molecule has 1 fully saturated rings. The van der Waals surface area contributed by atoms with Crippen LogP contribution in [0.4, 0.5) is 5.82 Å². The molecule has 1 aliphatic rings. The summed E-state index contributed by atoms with van der Waals surface area (Å²) in [7, 11) is 1.66. The van der Waals surface area contributed by atoms with Crippen molar-refractivity contribution in [2.75, 3.05) is 25.6 Å². The highest BCUT2D eigenvalue weighted by molar-refractivity contribution is 5.84. The van der Waals surface area contributed by atoms with E-state index in [0.717, 1.165) is 22.4 Å². The molecule has 9 heteroatoms. The maximum Gasteiger partial charge on any atom is 0.167 e. The Bertz CT molecular complexity index is 1570. The van der Waals surface area contributed by atoms with E-state index in [2.05, 4.69) is 53.6 Å². The van der Waals surface area contributed by atoms with E-state index in [0.29, 0.717) is 23.6 Å². The molecular formula is C33H35N5O4. The van der Waals surface area contributed by atoms with Crippen molar-refractivity contribution in [3.8, 4) is 5.75 Å². The number of methoxy groups -OCH3 is 1. The van der Waals surface area contributed by atoms with E-state index in [1.807, 2.05) is 60.0 Å². The number of anilines is 1. The second-order valence-electron chi connectivity index (χ2n) is 10.4. The number of hydrogen-bond donors (Lipinski definition) is 2. The van der Waals surface area contributed by atoms with Crippen LogP contribution in [-0.4, -0.2) is 57.2 Å². The summed E-state index contributed by atoms with van der Waals surface area (Å²) in [5.41, 5.74) is 3.49. The Morgan fingerprint density at radius 2 is 1.55 bits per heavy atom. The maximum atomic E-state index is 9.97. The van der Waals surface area contributed by atoms with Gasteiger partial charge in [-0.3, -0.25) is 4.57 Å². The van der Waals surface area contributed by atoms with Crippen molar-refractivity contribution in [3.05, 3.63) is 114 Å². The lowest BCUT2D eigenvalue weighted by Gasteiger charge is -2.37. The normalized spacial score (nSPS) is 20.6. The minimum Gasteiger partial charge on any atom is -0.497 e. The largest absolute Gasteiger partial charge is 0.497 e. The first-order valence-corrected chi connectivity index (χ1v) is 14.2. The van der Waals surface area contributed by atoms with E-state index >= 15 is 0 Å². The van der Waals surface area contributed by atoms with Crippen LogP contribution >= 0.6 is 0 Å². The minimum absolute atomic E-state index is 0.0297. The zero-order valence-corrected chi connectivity index (χ0v) is 23.9. The second-order valence-corrected chi connectivity index (χ2v) is 10.4. The molecule has 2 unspecified atom stereocenters. The van der Waals surface area contributed by atoms with Crippen LogP contribution in [0.1, 0.15) is 36.8 Å². The van der Waals surface area contributed by atoms with E-state index in [4.69, 9.17) is 24.2 Å². The molecule has 1 aliphatic heterocycles. The maximum absolute atomic E-state index is 9.97. The SMILES string of the molecule is CCOC1C(C)[C@H](n2cnc3c(NC(c4ccccc4)(c4ccccc4)c4ccc(OC)cc4)ncnc32)O[C@@H]1CO. The number of hydrogen-bond acceptors (Lipinski definition) is 8. The van der Waals surface area contributed by atoms with Crippen LogP contribution in [0.15, 0.2) is 97.6 Å². The summed E-state index contributed by atoms with van der Waals surface area (Å²) in [4.78, 5) is 14.1. The zero-order chi connectivity index (χ0) is 29.1. The van der Waals surface area contributed by atoms with Crippen LogP contribution in [0.2, 0.25) is 0 Å². The molecule has 2 N–H and O–H groups in total. The molecule has 1 saturated heterocycles. The minimum atomic E-state index is -0.820. The summed E-state index contributed by atoms with van der Waals surface area (Å²) in [6.45, 7) is 4.42. The predicted octanol–water partition coefficient (Wildman–Crippen LogP) is 5.17. The second kappa shape index (κ2) is 11.9. The highest BCUT2D eigenvalue weighted by Crippen LogP contribution is 2.42. The van der Waals surface area contributed by atoms with Crippen molar-refractivity contribution >= 4 is 17.0 Å². The number of imidazole rings is 1. The lowest BCUT2D eigenvalue weighted by atomic mass is 9.77. The van der Waals surface area contributed by atoms with Crippen LogP contribution in [0.5, 0.6) is 5.75 Å². The quantitative estimate of drug-likeness (QED) is 0.224. The van der Waals surface area contributed by atoms with Gasteiger partial charge in [-0.2, -0.15) is 0 Å². The molecule has 5 aromatic rings. The predicted molar refractivity (Wildman–Crippen MR) is 160 cm³/mol. The van der Waals surface area contributed by atoms with Crippen molar-refractivity contribution in [3.63, 3.8) is 0 Å². The number of rotatable bonds is 10. The van der Waals surface area contributed by atoms with Gasteiger partial charge < -0.3 is 24.6 Å². The van der Waals surface area contributed by atoms with E-state index in [1.165, 1.54) is 0 Å². The fourth-order valence-corrected chi connectivity index (χ4v) is 6.04. The fraction of sp³-hybridized carbons (Fsp3) is 0.303. The number of ether oxygens (including phenoxy) is 3. The number of fused-ring (bicyclic) bond motifs is 1. The number of aliphatic hydroxyl groups excluding tert-OH is 1. The van der Waals surface area contributed by atoms with Crippen molar-refractivity contribution in [1.82, 2.24) is 19.5 Å². The molecular weight excluding hydrogens is 530 g/mol. The lowest BCUT2D eigenvalue weighted by Crippen LogP contribution is -2.38. The Balaban J connectivity index is 1.50. The summed E-state index contributed by atoms with van der Waals surface area (Å²) in [6.07, 6.45) is 2.21. The summed E-state index contributed by atoms with van der Waals surface area (Å²) in [5, 5.41) is 13.8. The van der Waals surface area contributed by atoms with Crippen LogP contribution in [-0.2, 0) is 15.0 Å². The third-order valence-electron chi connectivity index (χ3n) is 8.06. The molecule has 2 aromatic heterocycles. The third kappa shape index (κ3) is 4.79. The Hall–Kier alpha value is -4.31. The molecule has 0 spiro atoms. The number of aromatic nitrogens is 4. The van der Waals surface area contributed by atoms with Gasteiger partial charge in [0.1, 0.15) is 29.9 Å². The number of benzene rings is 3. The average Bonchev–Trinajstić information content (AvgIpc) is 3.62. The molecule has 3 heterocycles. The van der Waals surface area contributed by atoms with E-state index in [9.17, 15) is 5.11 Å². The molecule has 3 aromatic carbocycles. The number of nitrogens with one attached hydrogen (secondary N) is 1. The summed E-state index contributed by atoms with van der Waals surface area (Å²) >= 11 is 0. The molecule has 9 nitrogen and oxygen atoms in total. The Morgan fingerprint density at radius 1 is 0.905 bits per heavy atom. The molecule has 0 saturated carbocycles. The van der Waals surface area contributed by atoms with Gasteiger partial charge in [-0.15, -0.1) is 0 Å². The zero-order valence-electron chi connectivity index (χ0n) is 23.9. The molecule has 0 radical (unpaired) electrons. The number of nitrogens with zero attached hydrogens (tertiary/aromatic N) is 4. The molecule has 0 bridgehead atoms. The van der Waals surface area contributed by atoms with Crippen molar-refractivity contribution in [1.29, 1.82) is 0 Å². The summed E-state index contributed by atoms with van der Waals surface area (Å²) in [5.74, 6) is 1.32. The van der Waals surface area contributed by atoms with E-state index in [1.54, 1.807) is 19.8 Å². The van der Waals surface area contributed by atoms with Gasteiger partial charge in [0, 0.05) is 12.5 Å². The van der Waals surface area contributed by atoms with Gasteiger partial charge >= 0.3 is 0 Å². The smallest absolute Gasteiger partial charge is 0.167 e. The van der Waals surface area contributed by atoms with E-state index in [-0.39, 0.29) is 18.6 Å². The highest BCUT2D eigenvalue weighted by atomic mass is 16.6. The first-order valence-electron chi connectivity index (χ1n) is 14.2. The third-order valence-corrected chi connectivity index (χ3v) is 8.06. The van der Waals surface area contributed by atoms with Crippen LogP contribution in [0, 0.1) is 5.92 Å². The highest BCUT2D eigenvalue weighted by Gasteiger charge is 2.44. The summed E-state index contributed by atoms with van der Waals surface area (Å²) < 4.78 is 19.6. The Kier molecular flexibility index (Phi) is 7.88. The van der Waals surface area contributed by atoms with Gasteiger partial charge in [0.15, 0.2) is 17.0 Å². The van der Waals surface area contributed by atoms with E-state index < -0.39 is 17.9 Å². The molecule has 0 amide bonds. The lowest BCUT2D eigenvalue weighted by molar-refractivity contribution is -0.0584. The van der Waals surface area contributed by atoms with Crippen LogP contribution in [0.3, 0.4) is 0 Å². The van der Waals surface area contributed by atoms with Gasteiger partial charge in [-0.25, -0.2) is 15.0 Å². The van der Waals surface area contributed by atoms with Gasteiger partial charge in [0.2, 0.25) is 0 Å². The fourth-order valence-electron chi connectivity index (χ4n) is 6.04. The standard InChI is InChI=1S/C33H35N5O4/c1-4-41-29-22(2)32(42-27(29)19-39)38-21-36-28-30(34-20-35-31(28)38)37-33(23-11-7-5-8-12-23,24-13-9-6-10-14-24)25-15-17-26(40-3)18-16-25/h5-18,20-22,27,29,32,39H,4,19H2,1-3H3,(H,34,35,37)/t22?,27-,29?,32-/m1/s1.